The molecule has 3 nitrogen and oxygen atoms in total. The second-order valence-corrected chi connectivity index (χ2v) is 7.30. The van der Waals surface area contributed by atoms with Crippen molar-refractivity contribution >= 4 is 0 Å². The molecule has 0 aromatic heterocycles. The third kappa shape index (κ3) is 3.22. The number of likely N-dealkylation sites (tertiary alicyclic amines) is 1. The zero-order chi connectivity index (χ0) is 14.8. The fourth-order valence-corrected chi connectivity index (χ4v) is 4.56. The van der Waals surface area contributed by atoms with Crippen molar-refractivity contribution in [2.75, 3.05) is 32.8 Å². The highest BCUT2D eigenvalue weighted by atomic mass is 16.5. The van der Waals surface area contributed by atoms with Crippen LogP contribution in [-0.4, -0.2) is 54.7 Å². The molecule has 0 bridgehead atoms. The highest BCUT2D eigenvalue weighted by Crippen LogP contribution is 2.29. The van der Waals surface area contributed by atoms with Crippen LogP contribution < -0.4 is 0 Å². The Labute approximate surface area is 134 Å². The van der Waals surface area contributed by atoms with Crippen molar-refractivity contribution < 1.29 is 4.74 Å². The maximum absolute atomic E-state index is 6.08. The molecule has 0 unspecified atom stereocenters. The van der Waals surface area contributed by atoms with Crippen molar-refractivity contribution in [2.24, 2.45) is 5.92 Å². The summed E-state index contributed by atoms with van der Waals surface area (Å²) in [7, 11) is 0. The van der Waals surface area contributed by atoms with E-state index in [1.807, 2.05) is 0 Å². The molecule has 1 aromatic carbocycles. The molecule has 0 amide bonds. The first-order valence-electron chi connectivity index (χ1n) is 9.00. The minimum Gasteiger partial charge on any atom is -0.374 e. The van der Waals surface area contributed by atoms with Gasteiger partial charge in [-0.3, -0.25) is 9.80 Å². The van der Waals surface area contributed by atoms with Crippen molar-refractivity contribution in [2.45, 2.75) is 44.4 Å². The minimum atomic E-state index is 0.430. The molecule has 2 heterocycles. The van der Waals surface area contributed by atoms with E-state index in [4.69, 9.17) is 4.74 Å². The minimum absolute atomic E-state index is 0.430. The van der Waals surface area contributed by atoms with Crippen molar-refractivity contribution in [1.82, 2.24) is 9.80 Å². The van der Waals surface area contributed by atoms with Gasteiger partial charge in [-0.15, -0.1) is 0 Å². The summed E-state index contributed by atoms with van der Waals surface area (Å²) >= 11 is 0. The quantitative estimate of drug-likeness (QED) is 0.850. The Kier molecular flexibility index (Phi) is 4.47. The van der Waals surface area contributed by atoms with Crippen LogP contribution in [0.4, 0.5) is 0 Å². The lowest BCUT2D eigenvalue weighted by molar-refractivity contribution is -0.0504. The largest absolute Gasteiger partial charge is 0.374 e. The zero-order valence-corrected chi connectivity index (χ0v) is 13.5. The third-order valence-electron chi connectivity index (χ3n) is 5.71. The normalized spacial score (nSPS) is 30.7. The van der Waals surface area contributed by atoms with Crippen LogP contribution in [-0.2, 0) is 11.3 Å². The summed E-state index contributed by atoms with van der Waals surface area (Å²) in [6, 6.07) is 11.5. The van der Waals surface area contributed by atoms with Crippen LogP contribution in [0.15, 0.2) is 30.3 Å². The van der Waals surface area contributed by atoms with Gasteiger partial charge in [0, 0.05) is 32.7 Å². The summed E-state index contributed by atoms with van der Waals surface area (Å²) < 4.78 is 6.08. The number of nitrogens with zero attached hydrogens (tertiary/aromatic N) is 2. The smallest absolute Gasteiger partial charge is 0.0870 e. The van der Waals surface area contributed by atoms with Crippen molar-refractivity contribution in [3.63, 3.8) is 0 Å². The van der Waals surface area contributed by atoms with E-state index in [-0.39, 0.29) is 0 Å². The van der Waals surface area contributed by atoms with Gasteiger partial charge in [-0.25, -0.2) is 0 Å². The number of ether oxygens (including phenoxy) is 1. The maximum atomic E-state index is 6.08. The van der Waals surface area contributed by atoms with Crippen molar-refractivity contribution in [3.05, 3.63) is 35.9 Å². The lowest BCUT2D eigenvalue weighted by Crippen LogP contribution is -2.50. The van der Waals surface area contributed by atoms with E-state index in [1.54, 1.807) is 0 Å². The number of morpholine rings is 1. The predicted octanol–water partition coefficient (Wildman–Crippen LogP) is 2.76. The molecule has 0 spiro atoms. The van der Waals surface area contributed by atoms with Gasteiger partial charge >= 0.3 is 0 Å². The topological polar surface area (TPSA) is 15.7 Å². The van der Waals surface area contributed by atoms with Gasteiger partial charge in [0.15, 0.2) is 0 Å². The van der Waals surface area contributed by atoms with Crippen molar-refractivity contribution in [3.8, 4) is 0 Å². The van der Waals surface area contributed by atoms with Gasteiger partial charge in [0.05, 0.1) is 18.8 Å². The fraction of sp³-hybridized carbons (Fsp3) is 0.684. The van der Waals surface area contributed by atoms with Gasteiger partial charge in [-0.2, -0.15) is 0 Å². The summed E-state index contributed by atoms with van der Waals surface area (Å²) in [4.78, 5) is 5.33. The third-order valence-corrected chi connectivity index (χ3v) is 5.71. The van der Waals surface area contributed by atoms with E-state index in [0.717, 1.165) is 32.2 Å². The van der Waals surface area contributed by atoms with Crippen LogP contribution in [0.3, 0.4) is 0 Å². The summed E-state index contributed by atoms with van der Waals surface area (Å²) in [5.74, 6) is 0.947. The standard InChI is InChI=1S/C19H28N2O/c1-2-6-17(7-3-1)13-21-10-11-22-19-15-20(14-18(19)21)12-16-8-4-5-9-16/h1-3,6-7,16,18-19H,4-5,8-15H2/t18-,19+/m1/s1. The van der Waals surface area contributed by atoms with E-state index < -0.39 is 0 Å². The Hall–Kier alpha value is -0.900. The van der Waals surface area contributed by atoms with Gasteiger partial charge in [0.2, 0.25) is 0 Å². The molecule has 22 heavy (non-hydrogen) atoms. The first kappa shape index (κ1) is 14.7. The van der Waals surface area contributed by atoms with Crippen molar-refractivity contribution in [1.29, 1.82) is 0 Å². The molecule has 3 aliphatic rings. The van der Waals surface area contributed by atoms with Crippen LogP contribution in [0, 0.1) is 5.92 Å². The number of fused-ring (bicyclic) bond motifs is 1. The van der Waals surface area contributed by atoms with Gasteiger partial charge in [0.1, 0.15) is 0 Å². The van der Waals surface area contributed by atoms with E-state index in [2.05, 4.69) is 40.1 Å². The molecule has 3 fully saturated rings. The van der Waals surface area contributed by atoms with Crippen LogP contribution in [0.5, 0.6) is 0 Å². The molecular formula is C19H28N2O. The molecule has 2 saturated heterocycles. The van der Waals surface area contributed by atoms with Crippen LogP contribution >= 0.6 is 0 Å². The van der Waals surface area contributed by atoms with Gasteiger partial charge in [0.25, 0.3) is 0 Å². The first-order valence-corrected chi connectivity index (χ1v) is 9.00. The molecule has 2 aliphatic heterocycles. The monoisotopic (exact) mass is 300 g/mol. The Morgan fingerprint density at radius 3 is 2.68 bits per heavy atom. The first-order chi connectivity index (χ1) is 10.9. The number of rotatable bonds is 4. The highest BCUT2D eigenvalue weighted by Gasteiger charge is 2.40. The molecule has 4 rings (SSSR count). The lowest BCUT2D eigenvalue weighted by atomic mass is 10.1. The molecule has 0 N–H and O–H groups in total. The average molecular weight is 300 g/mol. The summed E-state index contributed by atoms with van der Waals surface area (Å²) in [6.45, 7) is 6.69. The van der Waals surface area contributed by atoms with Crippen LogP contribution in [0.1, 0.15) is 31.2 Å². The second-order valence-electron chi connectivity index (χ2n) is 7.30. The number of hydrogen-bond donors (Lipinski definition) is 0. The lowest BCUT2D eigenvalue weighted by Gasteiger charge is -2.37. The van der Waals surface area contributed by atoms with Crippen LogP contribution in [0.2, 0.25) is 0 Å². The van der Waals surface area contributed by atoms with Gasteiger partial charge < -0.3 is 4.74 Å². The average Bonchev–Trinajstić information content (AvgIpc) is 3.18. The molecule has 3 heteroatoms. The Bertz CT molecular complexity index is 472. The van der Waals surface area contributed by atoms with Gasteiger partial charge in [-0.1, -0.05) is 43.2 Å². The molecule has 1 aliphatic carbocycles. The molecule has 0 radical (unpaired) electrons. The highest BCUT2D eigenvalue weighted by molar-refractivity contribution is 5.15. The van der Waals surface area contributed by atoms with Crippen LogP contribution in [0.25, 0.3) is 0 Å². The molecular weight excluding hydrogens is 272 g/mol. The summed E-state index contributed by atoms with van der Waals surface area (Å²) in [5.41, 5.74) is 1.43. The summed E-state index contributed by atoms with van der Waals surface area (Å²) in [5, 5.41) is 0. The second kappa shape index (κ2) is 6.69. The van der Waals surface area contributed by atoms with E-state index in [1.165, 1.54) is 44.3 Å². The van der Waals surface area contributed by atoms with E-state index in [0.29, 0.717) is 12.1 Å². The Morgan fingerprint density at radius 2 is 1.86 bits per heavy atom. The van der Waals surface area contributed by atoms with Gasteiger partial charge in [-0.05, 0) is 24.3 Å². The van der Waals surface area contributed by atoms with E-state index >= 15 is 0 Å². The SMILES string of the molecule is c1ccc(CN2CCO[C@H]3CN(CC4CCCC4)C[C@H]32)cc1. The number of hydrogen-bond acceptors (Lipinski definition) is 3. The number of benzene rings is 1. The fourth-order valence-electron chi connectivity index (χ4n) is 4.56. The summed E-state index contributed by atoms with van der Waals surface area (Å²) in [6.07, 6.45) is 6.21. The molecule has 1 saturated carbocycles. The zero-order valence-electron chi connectivity index (χ0n) is 13.5. The molecule has 2 atom stereocenters. The predicted molar refractivity (Wildman–Crippen MR) is 88.8 cm³/mol. The molecule has 1 aromatic rings. The Balaban J connectivity index is 1.38. The molecule has 120 valence electrons. The Morgan fingerprint density at radius 1 is 1.05 bits per heavy atom. The van der Waals surface area contributed by atoms with E-state index in [9.17, 15) is 0 Å². The maximum Gasteiger partial charge on any atom is 0.0870 e.